The molecule has 0 N–H and O–H groups in total. The Morgan fingerprint density at radius 1 is 0.618 bits per heavy atom. The molecular formula is C30H34O4. The molecule has 0 bridgehead atoms. The maximum atomic E-state index is 6.56. The van der Waals surface area contributed by atoms with Crippen LogP contribution in [0.1, 0.15) is 29.5 Å². The van der Waals surface area contributed by atoms with Crippen molar-refractivity contribution in [3.63, 3.8) is 0 Å². The number of hydrogen-bond donors (Lipinski definition) is 0. The van der Waals surface area contributed by atoms with E-state index in [1.165, 1.54) is 0 Å². The van der Waals surface area contributed by atoms with Gasteiger partial charge in [0.15, 0.2) is 0 Å². The van der Waals surface area contributed by atoms with Crippen LogP contribution in [0.4, 0.5) is 0 Å². The second kappa shape index (κ2) is 13.2. The van der Waals surface area contributed by atoms with Crippen molar-refractivity contribution in [3.8, 4) is 0 Å². The summed E-state index contributed by atoms with van der Waals surface area (Å²) in [6.45, 7) is 1.47. The van der Waals surface area contributed by atoms with Crippen LogP contribution in [0.5, 0.6) is 0 Å². The number of rotatable bonds is 10. The third-order valence-corrected chi connectivity index (χ3v) is 6.12. The van der Waals surface area contributed by atoms with Crippen LogP contribution in [0, 0.1) is 0 Å². The lowest BCUT2D eigenvalue weighted by atomic mass is 9.95. The lowest BCUT2D eigenvalue weighted by Gasteiger charge is -2.37. The third-order valence-electron chi connectivity index (χ3n) is 6.12. The summed E-state index contributed by atoms with van der Waals surface area (Å²) < 4.78 is 25.4. The van der Waals surface area contributed by atoms with Gasteiger partial charge in [0.05, 0.1) is 25.9 Å². The van der Waals surface area contributed by atoms with Crippen molar-refractivity contribution in [1.29, 1.82) is 0 Å². The van der Waals surface area contributed by atoms with Gasteiger partial charge in [0, 0.05) is 7.11 Å². The van der Waals surface area contributed by atoms with Crippen molar-refractivity contribution in [3.05, 3.63) is 120 Å². The van der Waals surface area contributed by atoms with Crippen molar-refractivity contribution in [2.24, 2.45) is 0 Å². The Bertz CT molecular complexity index is 974. The monoisotopic (exact) mass is 458 g/mol. The lowest BCUT2D eigenvalue weighted by molar-refractivity contribution is -0.176. The second-order valence-electron chi connectivity index (χ2n) is 8.56. The largest absolute Gasteiger partial charge is 0.379 e. The molecule has 4 heteroatoms. The molecule has 3 aromatic rings. The van der Waals surface area contributed by atoms with E-state index in [9.17, 15) is 0 Å². The fraction of sp³-hybridized carbons (Fsp3) is 0.333. The Labute approximate surface area is 203 Å². The summed E-state index contributed by atoms with van der Waals surface area (Å²) in [5, 5.41) is 0. The van der Waals surface area contributed by atoms with Crippen LogP contribution in [-0.4, -0.2) is 31.5 Å². The number of methoxy groups -OCH3 is 1. The zero-order valence-corrected chi connectivity index (χ0v) is 19.8. The van der Waals surface area contributed by atoms with Gasteiger partial charge in [-0.1, -0.05) is 103 Å². The number of ether oxygens (including phenoxy) is 4. The highest BCUT2D eigenvalue weighted by Gasteiger charge is 2.37. The van der Waals surface area contributed by atoms with Gasteiger partial charge in [-0.05, 0) is 29.5 Å². The van der Waals surface area contributed by atoms with E-state index in [1.807, 2.05) is 54.6 Å². The Morgan fingerprint density at radius 3 is 1.59 bits per heavy atom. The zero-order valence-electron chi connectivity index (χ0n) is 19.8. The van der Waals surface area contributed by atoms with E-state index < -0.39 is 0 Å². The van der Waals surface area contributed by atoms with E-state index in [0.29, 0.717) is 19.8 Å². The SMILES string of the molecule is CO[C@H]1CC/C=C\[C@H](OCc2ccccc2)[C@@H](OCc2ccccc2)[C@@H]1OCc1ccccc1. The van der Waals surface area contributed by atoms with Crippen LogP contribution in [0.25, 0.3) is 0 Å². The van der Waals surface area contributed by atoms with Crippen LogP contribution in [0.2, 0.25) is 0 Å². The molecule has 0 saturated heterocycles. The topological polar surface area (TPSA) is 36.9 Å². The molecule has 0 heterocycles. The van der Waals surface area contributed by atoms with Gasteiger partial charge in [-0.15, -0.1) is 0 Å². The molecule has 0 amide bonds. The van der Waals surface area contributed by atoms with Crippen molar-refractivity contribution < 1.29 is 18.9 Å². The summed E-state index contributed by atoms with van der Waals surface area (Å²) in [6.07, 6.45) is 5.11. The maximum absolute atomic E-state index is 6.56. The Balaban J connectivity index is 1.57. The minimum atomic E-state index is -0.325. The molecule has 0 aromatic heterocycles. The van der Waals surface area contributed by atoms with E-state index in [4.69, 9.17) is 18.9 Å². The molecule has 0 radical (unpaired) electrons. The van der Waals surface area contributed by atoms with Crippen molar-refractivity contribution in [1.82, 2.24) is 0 Å². The van der Waals surface area contributed by atoms with Gasteiger partial charge >= 0.3 is 0 Å². The van der Waals surface area contributed by atoms with Gasteiger partial charge in [0.25, 0.3) is 0 Å². The first-order chi connectivity index (χ1) is 16.8. The normalized spacial score (nSPS) is 23.7. The highest BCUT2D eigenvalue weighted by Crippen LogP contribution is 2.26. The Hall–Kier alpha value is -2.76. The molecule has 0 unspecified atom stereocenters. The van der Waals surface area contributed by atoms with Crippen molar-refractivity contribution in [2.45, 2.75) is 57.1 Å². The van der Waals surface area contributed by atoms with Crippen LogP contribution in [-0.2, 0) is 38.8 Å². The fourth-order valence-electron chi connectivity index (χ4n) is 4.26. The molecule has 4 rings (SSSR count). The summed E-state index contributed by atoms with van der Waals surface area (Å²) in [6, 6.07) is 30.7. The first kappa shape index (κ1) is 24.4. The molecule has 3 aromatic carbocycles. The molecule has 1 aliphatic rings. The number of hydrogen-bond acceptors (Lipinski definition) is 4. The second-order valence-corrected chi connectivity index (χ2v) is 8.56. The quantitative estimate of drug-likeness (QED) is 0.344. The lowest BCUT2D eigenvalue weighted by Crippen LogP contribution is -2.49. The summed E-state index contributed by atoms with van der Waals surface area (Å²) in [4.78, 5) is 0. The standard InChI is InChI=1S/C30H34O4/c1-31-27-19-11-12-20-28(32-21-24-13-5-2-6-14-24)30(34-23-26-17-9-4-10-18-26)29(27)33-22-25-15-7-3-8-16-25/h2-10,12-18,20,27-30H,11,19,21-23H2,1H3/b20-12-/t27-,28-,29+,30+/m0/s1. The summed E-state index contributed by atoms with van der Waals surface area (Å²) >= 11 is 0. The minimum Gasteiger partial charge on any atom is -0.379 e. The maximum Gasteiger partial charge on any atom is 0.116 e. The molecule has 0 fully saturated rings. The summed E-state index contributed by atoms with van der Waals surface area (Å²) in [5.74, 6) is 0. The van der Waals surface area contributed by atoms with E-state index in [0.717, 1.165) is 29.5 Å². The Kier molecular flexibility index (Phi) is 9.47. The molecule has 34 heavy (non-hydrogen) atoms. The predicted molar refractivity (Wildman–Crippen MR) is 134 cm³/mol. The average Bonchev–Trinajstić information content (AvgIpc) is 2.89. The first-order valence-electron chi connectivity index (χ1n) is 12.0. The highest BCUT2D eigenvalue weighted by atomic mass is 16.6. The molecule has 0 aliphatic heterocycles. The van der Waals surface area contributed by atoms with Gasteiger partial charge in [0.2, 0.25) is 0 Å². The smallest absolute Gasteiger partial charge is 0.116 e. The van der Waals surface area contributed by atoms with Crippen LogP contribution >= 0.6 is 0 Å². The summed E-state index contributed by atoms with van der Waals surface area (Å²) in [7, 11) is 1.75. The van der Waals surface area contributed by atoms with Crippen molar-refractivity contribution in [2.75, 3.05) is 7.11 Å². The zero-order chi connectivity index (χ0) is 23.4. The van der Waals surface area contributed by atoms with Gasteiger partial charge in [-0.3, -0.25) is 0 Å². The molecule has 0 spiro atoms. The van der Waals surface area contributed by atoms with Gasteiger partial charge in [0.1, 0.15) is 18.3 Å². The van der Waals surface area contributed by atoms with Crippen LogP contribution in [0.3, 0.4) is 0 Å². The van der Waals surface area contributed by atoms with Gasteiger partial charge < -0.3 is 18.9 Å². The minimum absolute atomic E-state index is 0.0998. The highest BCUT2D eigenvalue weighted by molar-refractivity contribution is 5.16. The molecule has 0 saturated carbocycles. The molecule has 4 nitrogen and oxygen atoms in total. The molecule has 1 aliphatic carbocycles. The Morgan fingerprint density at radius 2 is 1.09 bits per heavy atom. The van der Waals surface area contributed by atoms with Crippen LogP contribution in [0.15, 0.2) is 103 Å². The molecule has 4 atom stereocenters. The summed E-state index contributed by atoms with van der Waals surface area (Å²) in [5.41, 5.74) is 3.37. The average molecular weight is 459 g/mol. The molecule has 178 valence electrons. The van der Waals surface area contributed by atoms with E-state index in [2.05, 4.69) is 48.6 Å². The fourth-order valence-corrected chi connectivity index (χ4v) is 4.26. The van der Waals surface area contributed by atoms with E-state index in [-0.39, 0.29) is 24.4 Å². The van der Waals surface area contributed by atoms with E-state index >= 15 is 0 Å². The third kappa shape index (κ3) is 7.12. The van der Waals surface area contributed by atoms with Crippen LogP contribution < -0.4 is 0 Å². The number of allylic oxidation sites excluding steroid dienone is 1. The number of benzene rings is 3. The van der Waals surface area contributed by atoms with E-state index in [1.54, 1.807) is 7.11 Å². The first-order valence-corrected chi connectivity index (χ1v) is 12.0. The van der Waals surface area contributed by atoms with Gasteiger partial charge in [-0.25, -0.2) is 0 Å². The van der Waals surface area contributed by atoms with Gasteiger partial charge in [-0.2, -0.15) is 0 Å². The predicted octanol–water partition coefficient (Wildman–Crippen LogP) is 6.11. The molecular weight excluding hydrogens is 424 g/mol. The van der Waals surface area contributed by atoms with Crippen molar-refractivity contribution >= 4 is 0 Å².